The Morgan fingerprint density at radius 3 is 2.89 bits per heavy atom. The van der Waals surface area contributed by atoms with E-state index in [1.165, 1.54) is 0 Å². The largest absolute Gasteiger partial charge is 0.493 e. The van der Waals surface area contributed by atoms with Crippen LogP contribution in [0.3, 0.4) is 0 Å². The van der Waals surface area contributed by atoms with Crippen LogP contribution in [0.15, 0.2) is 18.2 Å². The van der Waals surface area contributed by atoms with Gasteiger partial charge in [-0.15, -0.1) is 0 Å². The molecule has 3 rings (SSSR count). The number of hydrogen-bond donors (Lipinski definition) is 0. The number of hydrogen-bond acceptors (Lipinski definition) is 4. The third-order valence-electron chi connectivity index (χ3n) is 3.80. The van der Waals surface area contributed by atoms with E-state index in [0.717, 1.165) is 18.4 Å². The highest BCUT2D eigenvalue weighted by Gasteiger charge is 2.35. The second kappa shape index (κ2) is 4.63. The normalized spacial score (nSPS) is 24.5. The van der Waals surface area contributed by atoms with Gasteiger partial charge in [0.15, 0.2) is 15.6 Å². The Kier molecular flexibility index (Phi) is 3.09. The average molecular weight is 280 g/mol. The van der Waals surface area contributed by atoms with Crippen molar-refractivity contribution in [3.05, 3.63) is 29.3 Å². The first-order valence-corrected chi connectivity index (χ1v) is 8.38. The van der Waals surface area contributed by atoms with Crippen molar-refractivity contribution in [1.82, 2.24) is 0 Å². The molecule has 2 aliphatic rings. The molecule has 0 N–H and O–H groups in total. The standard InChI is InChI=1S/C14H16O4S/c15-13(11-6-8-19(16,17)9-11)12-5-1-3-10-4-2-7-18-14(10)12/h1,3,5,11H,2,4,6-9H2. The van der Waals surface area contributed by atoms with Gasteiger partial charge in [-0.25, -0.2) is 8.42 Å². The Morgan fingerprint density at radius 1 is 1.32 bits per heavy atom. The van der Waals surface area contributed by atoms with Crippen LogP contribution < -0.4 is 4.74 Å². The Morgan fingerprint density at radius 2 is 2.16 bits per heavy atom. The van der Waals surface area contributed by atoms with Gasteiger partial charge in [0, 0.05) is 5.92 Å². The van der Waals surface area contributed by atoms with Crippen LogP contribution >= 0.6 is 0 Å². The van der Waals surface area contributed by atoms with Crippen LogP contribution in [0.2, 0.25) is 0 Å². The van der Waals surface area contributed by atoms with Crippen molar-refractivity contribution in [2.45, 2.75) is 19.3 Å². The molecule has 1 unspecified atom stereocenters. The molecule has 102 valence electrons. The van der Waals surface area contributed by atoms with Crippen molar-refractivity contribution in [1.29, 1.82) is 0 Å². The van der Waals surface area contributed by atoms with Gasteiger partial charge in [0.25, 0.3) is 0 Å². The SMILES string of the molecule is O=C(c1cccc2c1OCCC2)C1CCS(=O)(=O)C1. The summed E-state index contributed by atoms with van der Waals surface area (Å²) in [6, 6.07) is 5.57. The summed E-state index contributed by atoms with van der Waals surface area (Å²) in [4.78, 5) is 12.5. The lowest BCUT2D eigenvalue weighted by atomic mass is 9.93. The summed E-state index contributed by atoms with van der Waals surface area (Å²) in [5.41, 5.74) is 1.61. The molecule has 2 heterocycles. The number of benzene rings is 1. The van der Waals surface area contributed by atoms with Crippen LogP contribution in [0.5, 0.6) is 5.75 Å². The summed E-state index contributed by atoms with van der Waals surface area (Å²) in [5, 5.41) is 0. The maximum atomic E-state index is 12.5. The van der Waals surface area contributed by atoms with E-state index >= 15 is 0 Å². The highest BCUT2D eigenvalue weighted by atomic mass is 32.2. The topological polar surface area (TPSA) is 60.4 Å². The number of aryl methyl sites for hydroxylation is 1. The van der Waals surface area contributed by atoms with Crippen LogP contribution in [-0.2, 0) is 16.3 Å². The van der Waals surface area contributed by atoms with E-state index in [9.17, 15) is 13.2 Å². The van der Waals surface area contributed by atoms with Gasteiger partial charge in [0.1, 0.15) is 5.75 Å². The lowest BCUT2D eigenvalue weighted by Gasteiger charge is -2.20. The number of carbonyl (C=O) groups excluding carboxylic acids is 1. The van der Waals surface area contributed by atoms with Crippen molar-refractivity contribution in [3.63, 3.8) is 0 Å². The number of Topliss-reactive ketones (excluding diaryl/α,β-unsaturated/α-hetero) is 1. The molecule has 0 bridgehead atoms. The van der Waals surface area contributed by atoms with Crippen LogP contribution in [0.1, 0.15) is 28.8 Å². The minimum Gasteiger partial charge on any atom is -0.493 e. The molecule has 0 amide bonds. The summed E-state index contributed by atoms with van der Waals surface area (Å²) < 4.78 is 28.6. The quantitative estimate of drug-likeness (QED) is 0.773. The number of sulfone groups is 1. The molecule has 1 saturated heterocycles. The molecule has 5 heteroatoms. The summed E-state index contributed by atoms with van der Waals surface area (Å²) in [5.74, 6) is 0.291. The number of ketones is 1. The highest BCUT2D eigenvalue weighted by molar-refractivity contribution is 7.91. The van der Waals surface area contributed by atoms with E-state index in [-0.39, 0.29) is 17.3 Å². The van der Waals surface area contributed by atoms with Gasteiger partial charge >= 0.3 is 0 Å². The molecule has 0 saturated carbocycles. The van der Waals surface area contributed by atoms with E-state index in [1.807, 2.05) is 12.1 Å². The van der Waals surface area contributed by atoms with Gasteiger partial charge in [0.2, 0.25) is 0 Å². The summed E-state index contributed by atoms with van der Waals surface area (Å²) in [7, 11) is -3.03. The fraction of sp³-hybridized carbons (Fsp3) is 0.500. The third kappa shape index (κ3) is 2.39. The predicted octanol–water partition coefficient (Wildman–Crippen LogP) is 1.63. The number of rotatable bonds is 2. The molecular weight excluding hydrogens is 264 g/mol. The van der Waals surface area contributed by atoms with E-state index < -0.39 is 15.8 Å². The number of para-hydroxylation sites is 1. The van der Waals surface area contributed by atoms with E-state index in [2.05, 4.69) is 0 Å². The Balaban J connectivity index is 1.92. The van der Waals surface area contributed by atoms with Gasteiger partial charge < -0.3 is 4.74 Å². The van der Waals surface area contributed by atoms with Crippen molar-refractivity contribution in [3.8, 4) is 5.75 Å². The number of ether oxygens (including phenoxy) is 1. The molecule has 0 radical (unpaired) electrons. The summed E-state index contributed by atoms with van der Waals surface area (Å²) in [6.07, 6.45) is 2.31. The number of carbonyl (C=O) groups is 1. The fourth-order valence-electron chi connectivity index (χ4n) is 2.80. The second-order valence-electron chi connectivity index (χ2n) is 5.21. The van der Waals surface area contributed by atoms with E-state index in [1.54, 1.807) is 6.07 Å². The monoisotopic (exact) mass is 280 g/mol. The Bertz CT molecular complexity index is 618. The molecule has 0 aromatic heterocycles. The summed E-state index contributed by atoms with van der Waals surface area (Å²) in [6.45, 7) is 0.625. The maximum absolute atomic E-state index is 12.5. The molecule has 1 fully saturated rings. The van der Waals surface area contributed by atoms with Gasteiger partial charge in [-0.05, 0) is 30.9 Å². The zero-order valence-electron chi connectivity index (χ0n) is 10.6. The molecule has 1 aromatic rings. The lowest BCUT2D eigenvalue weighted by Crippen LogP contribution is -2.19. The lowest BCUT2D eigenvalue weighted by molar-refractivity contribution is 0.0928. The molecular formula is C14H16O4S. The van der Waals surface area contributed by atoms with Crippen LogP contribution in [-0.4, -0.2) is 32.3 Å². The van der Waals surface area contributed by atoms with Gasteiger partial charge in [-0.3, -0.25) is 4.79 Å². The van der Waals surface area contributed by atoms with Crippen molar-refractivity contribution >= 4 is 15.6 Å². The fourth-order valence-corrected chi connectivity index (χ4v) is 4.55. The van der Waals surface area contributed by atoms with Gasteiger partial charge in [-0.2, -0.15) is 0 Å². The van der Waals surface area contributed by atoms with Crippen molar-refractivity contribution in [2.75, 3.05) is 18.1 Å². The highest BCUT2D eigenvalue weighted by Crippen LogP contribution is 2.32. The van der Waals surface area contributed by atoms with Crippen LogP contribution in [0, 0.1) is 5.92 Å². The van der Waals surface area contributed by atoms with Gasteiger partial charge in [0.05, 0.1) is 23.7 Å². The van der Waals surface area contributed by atoms with E-state index in [4.69, 9.17) is 4.74 Å². The molecule has 0 aliphatic carbocycles. The van der Waals surface area contributed by atoms with Gasteiger partial charge in [-0.1, -0.05) is 12.1 Å². The Labute approximate surface area is 112 Å². The zero-order valence-corrected chi connectivity index (χ0v) is 11.4. The molecule has 1 aromatic carbocycles. The minimum absolute atomic E-state index is 0.0184. The van der Waals surface area contributed by atoms with Crippen molar-refractivity contribution < 1.29 is 17.9 Å². The smallest absolute Gasteiger partial charge is 0.170 e. The minimum atomic E-state index is -3.03. The second-order valence-corrected chi connectivity index (χ2v) is 7.44. The first-order valence-electron chi connectivity index (χ1n) is 6.56. The number of fused-ring (bicyclic) bond motifs is 1. The van der Waals surface area contributed by atoms with E-state index in [0.29, 0.717) is 24.3 Å². The first-order chi connectivity index (χ1) is 9.07. The molecule has 0 spiro atoms. The average Bonchev–Trinajstić information content (AvgIpc) is 2.78. The zero-order chi connectivity index (χ0) is 13.5. The Hall–Kier alpha value is -1.36. The van der Waals surface area contributed by atoms with Crippen LogP contribution in [0.25, 0.3) is 0 Å². The van der Waals surface area contributed by atoms with Crippen molar-refractivity contribution in [2.24, 2.45) is 5.92 Å². The maximum Gasteiger partial charge on any atom is 0.170 e. The van der Waals surface area contributed by atoms with Crippen LogP contribution in [0.4, 0.5) is 0 Å². The third-order valence-corrected chi connectivity index (χ3v) is 5.57. The molecule has 19 heavy (non-hydrogen) atoms. The first kappa shape index (κ1) is 12.7. The summed E-state index contributed by atoms with van der Waals surface area (Å²) >= 11 is 0. The molecule has 1 atom stereocenters. The predicted molar refractivity (Wildman–Crippen MR) is 71.3 cm³/mol. The molecule has 2 aliphatic heterocycles. The molecule has 4 nitrogen and oxygen atoms in total.